The van der Waals surface area contributed by atoms with E-state index in [4.69, 9.17) is 4.74 Å². The molecule has 1 aliphatic rings. The van der Waals surface area contributed by atoms with E-state index in [9.17, 15) is 0 Å². The molecule has 0 bridgehead atoms. The maximum Gasteiger partial charge on any atom is 0.0771 e. The van der Waals surface area contributed by atoms with Gasteiger partial charge in [-0.1, -0.05) is 15.9 Å². The van der Waals surface area contributed by atoms with Crippen molar-refractivity contribution in [1.29, 1.82) is 0 Å². The first-order chi connectivity index (χ1) is 11.8. The second-order valence-electron chi connectivity index (χ2n) is 6.01. The van der Waals surface area contributed by atoms with Crippen molar-refractivity contribution in [3.63, 3.8) is 0 Å². The molecule has 0 radical (unpaired) electrons. The second-order valence-corrected chi connectivity index (χ2v) is 6.93. The Balaban J connectivity index is 1.48. The number of aromatic nitrogens is 2. The molecule has 1 aliphatic heterocycles. The predicted octanol–water partition coefficient (Wildman–Crippen LogP) is 4.19. The first-order valence-electron chi connectivity index (χ1n) is 8.09. The van der Waals surface area contributed by atoms with Gasteiger partial charge < -0.3 is 9.64 Å². The molecular formula is C19H18BrN3O. The van der Waals surface area contributed by atoms with Crippen LogP contribution in [0, 0.1) is 0 Å². The van der Waals surface area contributed by atoms with E-state index in [1.165, 1.54) is 16.6 Å². The van der Waals surface area contributed by atoms with Crippen molar-refractivity contribution in [3.8, 4) is 0 Å². The van der Waals surface area contributed by atoms with E-state index >= 15 is 0 Å². The fourth-order valence-electron chi connectivity index (χ4n) is 3.16. The molecule has 3 heterocycles. The number of pyridine rings is 2. The van der Waals surface area contributed by atoms with E-state index in [0.717, 1.165) is 29.5 Å². The van der Waals surface area contributed by atoms with Crippen LogP contribution >= 0.6 is 15.9 Å². The third-order valence-electron chi connectivity index (χ3n) is 4.40. The van der Waals surface area contributed by atoms with Gasteiger partial charge in [0.2, 0.25) is 0 Å². The Kier molecular flexibility index (Phi) is 4.45. The SMILES string of the molecule is Brc1ccc2nccc(N3CCC(OCc4ccncc4)C3)c2c1. The van der Waals surface area contributed by atoms with Crippen LogP contribution in [0.15, 0.2) is 59.5 Å². The number of nitrogens with zero attached hydrogens (tertiary/aromatic N) is 3. The van der Waals surface area contributed by atoms with Gasteiger partial charge in [0, 0.05) is 47.2 Å². The number of fused-ring (bicyclic) bond motifs is 1. The molecule has 1 fully saturated rings. The summed E-state index contributed by atoms with van der Waals surface area (Å²) in [5, 5.41) is 1.18. The van der Waals surface area contributed by atoms with Gasteiger partial charge in [0.05, 0.1) is 18.2 Å². The molecule has 1 unspecified atom stereocenters. The maximum absolute atomic E-state index is 6.08. The molecule has 1 saturated heterocycles. The van der Waals surface area contributed by atoms with Gasteiger partial charge in [0.25, 0.3) is 0 Å². The summed E-state index contributed by atoms with van der Waals surface area (Å²) in [5.74, 6) is 0. The van der Waals surface area contributed by atoms with Crippen molar-refractivity contribution in [1.82, 2.24) is 9.97 Å². The quantitative estimate of drug-likeness (QED) is 0.676. The molecule has 24 heavy (non-hydrogen) atoms. The Morgan fingerprint density at radius 1 is 1.12 bits per heavy atom. The van der Waals surface area contributed by atoms with E-state index in [-0.39, 0.29) is 6.10 Å². The zero-order valence-electron chi connectivity index (χ0n) is 13.2. The molecule has 1 atom stereocenters. The Bertz CT molecular complexity index is 840. The van der Waals surface area contributed by atoms with E-state index < -0.39 is 0 Å². The lowest BCUT2D eigenvalue weighted by molar-refractivity contribution is 0.0553. The number of halogens is 1. The van der Waals surface area contributed by atoms with Gasteiger partial charge in [-0.3, -0.25) is 9.97 Å². The van der Waals surface area contributed by atoms with Crippen LogP contribution in [0.4, 0.5) is 5.69 Å². The van der Waals surface area contributed by atoms with Gasteiger partial charge in [0.15, 0.2) is 0 Å². The molecule has 3 aromatic rings. The van der Waals surface area contributed by atoms with Gasteiger partial charge in [-0.15, -0.1) is 0 Å². The summed E-state index contributed by atoms with van der Waals surface area (Å²) in [5.41, 5.74) is 3.43. The summed E-state index contributed by atoms with van der Waals surface area (Å²) in [6.07, 6.45) is 6.80. The maximum atomic E-state index is 6.08. The summed E-state index contributed by atoms with van der Waals surface area (Å²) in [6, 6.07) is 12.3. The first kappa shape index (κ1) is 15.5. The lowest BCUT2D eigenvalue weighted by Crippen LogP contribution is -2.23. The number of hydrogen-bond acceptors (Lipinski definition) is 4. The molecule has 0 aliphatic carbocycles. The highest BCUT2D eigenvalue weighted by Crippen LogP contribution is 2.31. The molecular weight excluding hydrogens is 366 g/mol. The van der Waals surface area contributed by atoms with Crippen LogP contribution in [-0.2, 0) is 11.3 Å². The smallest absolute Gasteiger partial charge is 0.0771 e. The number of benzene rings is 1. The zero-order chi connectivity index (χ0) is 16.4. The Hall–Kier alpha value is -1.98. The number of hydrogen-bond donors (Lipinski definition) is 0. The van der Waals surface area contributed by atoms with Crippen molar-refractivity contribution in [2.45, 2.75) is 19.1 Å². The Morgan fingerprint density at radius 2 is 2.00 bits per heavy atom. The molecule has 1 aromatic carbocycles. The lowest BCUT2D eigenvalue weighted by Gasteiger charge is -2.20. The van der Waals surface area contributed by atoms with Gasteiger partial charge in [0.1, 0.15) is 0 Å². The molecule has 122 valence electrons. The molecule has 0 saturated carbocycles. The minimum Gasteiger partial charge on any atom is -0.372 e. The fraction of sp³-hybridized carbons (Fsp3) is 0.263. The third-order valence-corrected chi connectivity index (χ3v) is 4.89. The largest absolute Gasteiger partial charge is 0.372 e. The molecule has 0 amide bonds. The van der Waals surface area contributed by atoms with Gasteiger partial charge in [-0.05, 0) is 48.4 Å². The average molecular weight is 384 g/mol. The summed E-state index contributed by atoms with van der Waals surface area (Å²) in [4.78, 5) is 10.9. The Morgan fingerprint density at radius 3 is 2.88 bits per heavy atom. The van der Waals surface area contributed by atoms with Crippen molar-refractivity contribution in [2.24, 2.45) is 0 Å². The average Bonchev–Trinajstić information content (AvgIpc) is 3.09. The van der Waals surface area contributed by atoms with E-state index in [0.29, 0.717) is 6.61 Å². The topological polar surface area (TPSA) is 38.2 Å². The minimum absolute atomic E-state index is 0.258. The molecule has 4 rings (SSSR count). The second kappa shape index (κ2) is 6.87. The summed E-state index contributed by atoms with van der Waals surface area (Å²) in [7, 11) is 0. The van der Waals surface area contributed by atoms with Crippen LogP contribution in [-0.4, -0.2) is 29.2 Å². The van der Waals surface area contributed by atoms with Crippen molar-refractivity contribution in [2.75, 3.05) is 18.0 Å². The van der Waals surface area contributed by atoms with Gasteiger partial charge in [-0.2, -0.15) is 0 Å². The predicted molar refractivity (Wildman–Crippen MR) is 99.1 cm³/mol. The van der Waals surface area contributed by atoms with Crippen molar-refractivity contribution in [3.05, 3.63) is 65.0 Å². The first-order valence-corrected chi connectivity index (χ1v) is 8.88. The molecule has 5 heteroatoms. The molecule has 0 spiro atoms. The highest BCUT2D eigenvalue weighted by Gasteiger charge is 2.24. The van der Waals surface area contributed by atoms with Crippen LogP contribution in [0.25, 0.3) is 10.9 Å². The fourth-order valence-corrected chi connectivity index (χ4v) is 3.52. The third kappa shape index (κ3) is 3.28. The van der Waals surface area contributed by atoms with Crippen LogP contribution < -0.4 is 4.90 Å². The molecule has 4 nitrogen and oxygen atoms in total. The zero-order valence-corrected chi connectivity index (χ0v) is 14.8. The highest BCUT2D eigenvalue weighted by atomic mass is 79.9. The summed E-state index contributed by atoms with van der Waals surface area (Å²) in [6.45, 7) is 2.56. The van der Waals surface area contributed by atoms with Gasteiger partial charge in [-0.25, -0.2) is 0 Å². The van der Waals surface area contributed by atoms with E-state index in [2.05, 4.69) is 49.0 Å². The van der Waals surface area contributed by atoms with Crippen LogP contribution in [0.3, 0.4) is 0 Å². The Labute approximate surface area is 149 Å². The monoisotopic (exact) mass is 383 g/mol. The standard InChI is InChI=1S/C19H18BrN3O/c20-15-1-2-18-17(11-15)19(5-9-22-18)23-10-6-16(12-23)24-13-14-3-7-21-8-4-14/h1-5,7-9,11,16H,6,10,12-13H2. The lowest BCUT2D eigenvalue weighted by atomic mass is 10.2. The van der Waals surface area contributed by atoms with Gasteiger partial charge >= 0.3 is 0 Å². The number of anilines is 1. The number of rotatable bonds is 4. The minimum atomic E-state index is 0.258. The number of ether oxygens (including phenoxy) is 1. The summed E-state index contributed by atoms with van der Waals surface area (Å²) < 4.78 is 7.16. The summed E-state index contributed by atoms with van der Waals surface area (Å²) >= 11 is 3.56. The highest BCUT2D eigenvalue weighted by molar-refractivity contribution is 9.10. The normalized spacial score (nSPS) is 17.5. The molecule has 2 aromatic heterocycles. The van der Waals surface area contributed by atoms with E-state index in [1.54, 1.807) is 12.4 Å². The van der Waals surface area contributed by atoms with Crippen LogP contribution in [0.1, 0.15) is 12.0 Å². The van der Waals surface area contributed by atoms with Crippen molar-refractivity contribution >= 4 is 32.5 Å². The van der Waals surface area contributed by atoms with Crippen LogP contribution in [0.2, 0.25) is 0 Å². The molecule has 0 N–H and O–H groups in total. The van der Waals surface area contributed by atoms with Crippen LogP contribution in [0.5, 0.6) is 0 Å². The van der Waals surface area contributed by atoms with Crippen molar-refractivity contribution < 1.29 is 4.74 Å². The van der Waals surface area contributed by atoms with E-state index in [1.807, 2.05) is 24.4 Å².